The zero-order valence-electron chi connectivity index (χ0n) is 15.1. The van der Waals surface area contributed by atoms with E-state index < -0.39 is 5.91 Å². The van der Waals surface area contributed by atoms with E-state index in [-0.39, 0.29) is 23.6 Å². The average molecular weight is 355 g/mol. The van der Waals surface area contributed by atoms with Crippen molar-refractivity contribution >= 4 is 23.4 Å². The van der Waals surface area contributed by atoms with Crippen molar-refractivity contribution in [2.75, 3.05) is 10.6 Å². The van der Waals surface area contributed by atoms with E-state index in [1.165, 1.54) is 5.56 Å². The van der Waals surface area contributed by atoms with Crippen molar-refractivity contribution in [3.05, 3.63) is 35.0 Å². The number of nitrogens with zero attached hydrogens (tertiary/aromatic N) is 3. The number of benzene rings is 1. The molecule has 2 atom stereocenters. The van der Waals surface area contributed by atoms with Gasteiger partial charge in [-0.1, -0.05) is 18.9 Å². The van der Waals surface area contributed by atoms with E-state index in [9.17, 15) is 4.79 Å². The van der Waals surface area contributed by atoms with Crippen LogP contribution >= 0.6 is 0 Å². The van der Waals surface area contributed by atoms with E-state index in [1.54, 1.807) is 0 Å². The number of primary amides is 1. The van der Waals surface area contributed by atoms with Crippen molar-refractivity contribution in [2.24, 2.45) is 11.5 Å². The van der Waals surface area contributed by atoms with Gasteiger partial charge in [-0.15, -0.1) is 10.2 Å². The Hall–Kier alpha value is -2.74. The second-order valence-corrected chi connectivity index (χ2v) is 6.82. The van der Waals surface area contributed by atoms with E-state index in [2.05, 4.69) is 25.8 Å². The molecule has 0 radical (unpaired) electrons. The summed E-state index contributed by atoms with van der Waals surface area (Å²) in [6, 6.07) is 6.04. The fourth-order valence-electron chi connectivity index (χ4n) is 3.10. The molecule has 1 amide bonds. The largest absolute Gasteiger partial charge is 0.364 e. The number of hydrogen-bond donors (Lipinski definition) is 4. The molecule has 1 saturated carbocycles. The van der Waals surface area contributed by atoms with Crippen LogP contribution in [0.2, 0.25) is 0 Å². The zero-order valence-corrected chi connectivity index (χ0v) is 15.1. The summed E-state index contributed by atoms with van der Waals surface area (Å²) in [6.45, 7) is 4.06. The summed E-state index contributed by atoms with van der Waals surface area (Å²) in [6.07, 6.45) is 4.19. The molecule has 1 fully saturated rings. The standard InChI is InChI=1S/C18H25N7O/c1-10-7-8-12(9-11(10)2)21-17-15(16(20)26)24-25-18(23-17)22-14-6-4-3-5-13(14)19/h7-9,13-14H,3-6,19H2,1-2H3,(H2,20,26)(H2,21,22,23,25)/t13-,14+/m0/s1. The van der Waals surface area contributed by atoms with Crippen LogP contribution in [0, 0.1) is 13.8 Å². The summed E-state index contributed by atoms with van der Waals surface area (Å²) in [5.74, 6) is -0.0661. The molecule has 3 rings (SSSR count). The first-order chi connectivity index (χ1) is 12.4. The van der Waals surface area contributed by atoms with Gasteiger partial charge in [-0.2, -0.15) is 4.98 Å². The molecule has 0 bridgehead atoms. The van der Waals surface area contributed by atoms with E-state index in [0.717, 1.165) is 36.9 Å². The Morgan fingerprint density at radius 2 is 1.92 bits per heavy atom. The van der Waals surface area contributed by atoms with E-state index in [4.69, 9.17) is 11.5 Å². The highest BCUT2D eigenvalue weighted by Crippen LogP contribution is 2.23. The van der Waals surface area contributed by atoms with E-state index >= 15 is 0 Å². The maximum Gasteiger partial charge on any atom is 0.273 e. The smallest absolute Gasteiger partial charge is 0.273 e. The minimum atomic E-state index is -0.683. The maximum absolute atomic E-state index is 11.7. The van der Waals surface area contributed by atoms with Gasteiger partial charge in [-0.3, -0.25) is 4.79 Å². The third-order valence-electron chi connectivity index (χ3n) is 4.82. The second kappa shape index (κ2) is 7.65. The van der Waals surface area contributed by atoms with Crippen molar-refractivity contribution < 1.29 is 4.79 Å². The summed E-state index contributed by atoms with van der Waals surface area (Å²) in [4.78, 5) is 16.1. The Morgan fingerprint density at radius 1 is 1.15 bits per heavy atom. The number of carbonyl (C=O) groups is 1. The van der Waals surface area contributed by atoms with Crippen molar-refractivity contribution in [3.63, 3.8) is 0 Å². The minimum absolute atomic E-state index is 0.00159. The number of anilines is 3. The van der Waals surface area contributed by atoms with Gasteiger partial charge in [-0.05, 0) is 49.9 Å². The fraction of sp³-hybridized carbons (Fsp3) is 0.444. The first-order valence-corrected chi connectivity index (χ1v) is 8.85. The molecule has 1 aliphatic rings. The quantitative estimate of drug-likeness (QED) is 0.645. The highest BCUT2D eigenvalue weighted by molar-refractivity contribution is 5.96. The summed E-state index contributed by atoms with van der Waals surface area (Å²) < 4.78 is 0. The lowest BCUT2D eigenvalue weighted by atomic mass is 9.91. The molecule has 26 heavy (non-hydrogen) atoms. The lowest BCUT2D eigenvalue weighted by Gasteiger charge is -2.29. The Bertz CT molecular complexity index is 808. The Kier molecular flexibility index (Phi) is 5.32. The number of nitrogens with two attached hydrogens (primary N) is 2. The molecule has 8 heteroatoms. The molecule has 1 aromatic heterocycles. The van der Waals surface area contributed by atoms with Crippen LogP contribution in [0.5, 0.6) is 0 Å². The number of amides is 1. The molecule has 1 heterocycles. The molecule has 0 saturated heterocycles. The number of aryl methyl sites for hydroxylation is 2. The lowest BCUT2D eigenvalue weighted by molar-refractivity contribution is 0.0995. The van der Waals surface area contributed by atoms with Crippen LogP contribution in [-0.2, 0) is 0 Å². The molecule has 0 unspecified atom stereocenters. The van der Waals surface area contributed by atoms with Gasteiger partial charge in [0.2, 0.25) is 5.95 Å². The monoisotopic (exact) mass is 355 g/mol. The fourth-order valence-corrected chi connectivity index (χ4v) is 3.10. The average Bonchev–Trinajstić information content (AvgIpc) is 2.60. The number of nitrogens with one attached hydrogen (secondary N) is 2. The van der Waals surface area contributed by atoms with Gasteiger partial charge in [-0.25, -0.2) is 0 Å². The van der Waals surface area contributed by atoms with E-state index in [1.807, 2.05) is 32.0 Å². The zero-order chi connectivity index (χ0) is 18.7. The summed E-state index contributed by atoms with van der Waals surface area (Å²) in [5.41, 5.74) is 14.7. The highest BCUT2D eigenvalue weighted by Gasteiger charge is 2.23. The SMILES string of the molecule is Cc1ccc(Nc2nc(N[C@@H]3CCCC[C@@H]3N)nnc2C(N)=O)cc1C. The summed E-state index contributed by atoms with van der Waals surface area (Å²) >= 11 is 0. The van der Waals surface area contributed by atoms with Crippen LogP contribution in [0.1, 0.15) is 47.3 Å². The van der Waals surface area contributed by atoms with Crippen molar-refractivity contribution in [1.82, 2.24) is 15.2 Å². The maximum atomic E-state index is 11.7. The van der Waals surface area contributed by atoms with Crippen LogP contribution in [0.15, 0.2) is 18.2 Å². The van der Waals surface area contributed by atoms with Crippen LogP contribution in [0.25, 0.3) is 0 Å². The van der Waals surface area contributed by atoms with Gasteiger partial charge < -0.3 is 22.1 Å². The second-order valence-electron chi connectivity index (χ2n) is 6.82. The molecular formula is C18H25N7O. The molecule has 2 aromatic rings. The van der Waals surface area contributed by atoms with Gasteiger partial charge in [0.1, 0.15) is 0 Å². The molecule has 1 aromatic carbocycles. The van der Waals surface area contributed by atoms with Gasteiger partial charge in [0, 0.05) is 17.8 Å². The van der Waals surface area contributed by atoms with Crippen molar-refractivity contribution in [3.8, 4) is 0 Å². The van der Waals surface area contributed by atoms with Gasteiger partial charge in [0.25, 0.3) is 5.91 Å². The van der Waals surface area contributed by atoms with E-state index in [0.29, 0.717) is 5.95 Å². The molecule has 0 aliphatic heterocycles. The molecular weight excluding hydrogens is 330 g/mol. The van der Waals surface area contributed by atoms with Crippen LogP contribution in [0.4, 0.5) is 17.5 Å². The minimum Gasteiger partial charge on any atom is -0.364 e. The molecule has 1 aliphatic carbocycles. The first-order valence-electron chi connectivity index (χ1n) is 8.85. The molecule has 6 N–H and O–H groups in total. The lowest BCUT2D eigenvalue weighted by Crippen LogP contribution is -2.43. The van der Waals surface area contributed by atoms with Gasteiger partial charge >= 0.3 is 0 Å². The number of rotatable bonds is 5. The molecule has 8 nitrogen and oxygen atoms in total. The van der Waals surface area contributed by atoms with Crippen molar-refractivity contribution in [1.29, 1.82) is 0 Å². The van der Waals surface area contributed by atoms with Gasteiger partial charge in [0.05, 0.1) is 0 Å². The predicted octanol–water partition coefficient (Wildman–Crippen LogP) is 2.01. The van der Waals surface area contributed by atoms with Gasteiger partial charge in [0.15, 0.2) is 11.5 Å². The highest BCUT2D eigenvalue weighted by atomic mass is 16.1. The molecule has 0 spiro atoms. The normalized spacial score (nSPS) is 19.8. The van der Waals surface area contributed by atoms with Crippen molar-refractivity contribution in [2.45, 2.75) is 51.6 Å². The topological polar surface area (TPSA) is 132 Å². The van der Waals surface area contributed by atoms with Crippen LogP contribution < -0.4 is 22.1 Å². The Morgan fingerprint density at radius 3 is 2.62 bits per heavy atom. The first kappa shape index (κ1) is 18.1. The summed E-state index contributed by atoms with van der Waals surface area (Å²) in [5, 5.41) is 14.3. The number of aromatic nitrogens is 3. The summed E-state index contributed by atoms with van der Waals surface area (Å²) in [7, 11) is 0. The van der Waals surface area contributed by atoms with Crippen LogP contribution in [-0.4, -0.2) is 33.2 Å². The number of hydrogen-bond acceptors (Lipinski definition) is 7. The number of carbonyl (C=O) groups excluding carboxylic acids is 1. The predicted molar refractivity (Wildman–Crippen MR) is 101 cm³/mol. The third-order valence-corrected chi connectivity index (χ3v) is 4.82. The Labute approximate surface area is 152 Å². The third kappa shape index (κ3) is 4.08. The van der Waals surface area contributed by atoms with Crippen LogP contribution in [0.3, 0.4) is 0 Å². The molecule has 138 valence electrons. The Balaban J connectivity index is 1.86.